The zero-order valence-corrected chi connectivity index (χ0v) is 9.59. The maximum absolute atomic E-state index is 12.6. The van der Waals surface area contributed by atoms with Crippen molar-refractivity contribution in [1.29, 1.82) is 0 Å². The van der Waals surface area contributed by atoms with Gasteiger partial charge in [-0.3, -0.25) is 0 Å². The Hall–Kier alpha value is -1.50. The van der Waals surface area contributed by atoms with Gasteiger partial charge >= 0.3 is 12.3 Å². The van der Waals surface area contributed by atoms with Crippen LogP contribution in [-0.4, -0.2) is 31.1 Å². The Bertz CT molecular complexity index is 399. The normalized spacial score (nSPS) is 11.9. The first kappa shape index (κ1) is 14.6. The fourth-order valence-corrected chi connectivity index (χ4v) is 1.26. The minimum atomic E-state index is -4.08. The number of hydrogen-bond acceptors (Lipinski definition) is 3. The lowest BCUT2D eigenvalue weighted by Gasteiger charge is -2.16. The summed E-state index contributed by atoms with van der Waals surface area (Å²) >= 11 is 0. The molecule has 0 aromatic heterocycles. The Balaban J connectivity index is 2.54. The first-order chi connectivity index (χ1) is 8.36. The number of nitrogens with one attached hydrogen (secondary N) is 1. The monoisotopic (exact) mass is 267 g/mol. The molecule has 0 aliphatic heterocycles. The van der Waals surface area contributed by atoms with Crippen LogP contribution in [-0.2, 0) is 6.54 Å². The Labute approximate surface area is 101 Å². The van der Waals surface area contributed by atoms with Crippen molar-refractivity contribution in [3.05, 3.63) is 23.8 Å². The van der Waals surface area contributed by atoms with Gasteiger partial charge in [-0.15, -0.1) is 0 Å². The maximum atomic E-state index is 12.6. The second-order valence-corrected chi connectivity index (χ2v) is 3.66. The third-order valence-corrected chi connectivity index (χ3v) is 2.29. The van der Waals surface area contributed by atoms with Crippen molar-refractivity contribution in [3.8, 4) is 11.5 Å². The number of ether oxygens (including phenoxy) is 1. The van der Waals surface area contributed by atoms with Crippen LogP contribution in [0.4, 0.5) is 17.6 Å². The average Bonchev–Trinajstić information content (AvgIpc) is 2.30. The molecule has 0 unspecified atom stereocenters. The summed E-state index contributed by atoms with van der Waals surface area (Å²) in [5.41, 5.74) is 0.320. The molecule has 0 amide bonds. The van der Waals surface area contributed by atoms with E-state index >= 15 is 0 Å². The molecule has 1 rings (SSSR count). The average molecular weight is 267 g/mol. The second kappa shape index (κ2) is 5.90. The molecule has 0 atom stereocenters. The largest absolute Gasteiger partial charge is 0.507 e. The molecule has 1 aromatic rings. The fourth-order valence-electron chi connectivity index (χ4n) is 1.26. The Morgan fingerprint density at radius 2 is 2.06 bits per heavy atom. The van der Waals surface area contributed by atoms with Crippen molar-refractivity contribution in [3.63, 3.8) is 0 Å². The van der Waals surface area contributed by atoms with Crippen molar-refractivity contribution in [2.24, 2.45) is 0 Å². The molecule has 0 spiro atoms. The minimum absolute atomic E-state index is 0.141. The van der Waals surface area contributed by atoms with Crippen LogP contribution in [0.5, 0.6) is 11.5 Å². The van der Waals surface area contributed by atoms with Gasteiger partial charge in [0, 0.05) is 18.2 Å². The van der Waals surface area contributed by atoms with E-state index in [1.54, 1.807) is 0 Å². The molecule has 0 saturated heterocycles. The standard InChI is InChI=1S/C11H13F4NO2/c1-18-8-3-2-7(9(17)4-8)5-16-6-11(14,15)10(12)13/h2-4,10,16-17H,5-6H2,1H3. The maximum Gasteiger partial charge on any atom is 0.319 e. The van der Waals surface area contributed by atoms with Gasteiger partial charge in [-0.2, -0.15) is 8.78 Å². The number of hydrogen-bond donors (Lipinski definition) is 2. The van der Waals surface area contributed by atoms with Crippen LogP contribution in [0, 0.1) is 0 Å². The molecule has 0 aliphatic carbocycles. The van der Waals surface area contributed by atoms with Gasteiger partial charge in [0.25, 0.3) is 0 Å². The summed E-state index contributed by atoms with van der Waals surface area (Å²) < 4.78 is 53.7. The van der Waals surface area contributed by atoms with Crippen LogP contribution in [0.15, 0.2) is 18.2 Å². The second-order valence-electron chi connectivity index (χ2n) is 3.66. The highest BCUT2D eigenvalue weighted by Gasteiger charge is 2.39. The van der Waals surface area contributed by atoms with Crippen molar-refractivity contribution in [2.75, 3.05) is 13.7 Å². The van der Waals surface area contributed by atoms with Crippen LogP contribution >= 0.6 is 0 Å². The van der Waals surface area contributed by atoms with Gasteiger partial charge in [0.05, 0.1) is 13.7 Å². The first-order valence-corrected chi connectivity index (χ1v) is 5.09. The Morgan fingerprint density at radius 1 is 1.39 bits per heavy atom. The van der Waals surface area contributed by atoms with E-state index in [4.69, 9.17) is 4.74 Å². The van der Waals surface area contributed by atoms with E-state index in [1.165, 1.54) is 25.3 Å². The van der Waals surface area contributed by atoms with E-state index in [-0.39, 0.29) is 12.3 Å². The molecule has 3 nitrogen and oxygen atoms in total. The molecule has 18 heavy (non-hydrogen) atoms. The van der Waals surface area contributed by atoms with Crippen LogP contribution in [0.3, 0.4) is 0 Å². The van der Waals surface area contributed by atoms with E-state index in [9.17, 15) is 22.7 Å². The third-order valence-electron chi connectivity index (χ3n) is 2.29. The minimum Gasteiger partial charge on any atom is -0.507 e. The summed E-state index contributed by atoms with van der Waals surface area (Å²) in [7, 11) is 1.41. The lowest BCUT2D eigenvalue weighted by atomic mass is 10.2. The Morgan fingerprint density at radius 3 is 2.56 bits per heavy atom. The molecule has 102 valence electrons. The summed E-state index contributed by atoms with van der Waals surface area (Å²) in [5.74, 6) is -3.82. The molecule has 7 heteroatoms. The number of phenolic OH excluding ortho intramolecular Hbond substituents is 1. The van der Waals surface area contributed by atoms with Crippen molar-refractivity contribution < 1.29 is 27.4 Å². The first-order valence-electron chi connectivity index (χ1n) is 5.09. The Kier molecular flexibility index (Phi) is 4.77. The number of phenols is 1. The summed E-state index contributed by atoms with van der Waals surface area (Å²) in [6.45, 7) is -1.30. The molecule has 2 N–H and O–H groups in total. The predicted molar refractivity (Wildman–Crippen MR) is 57.3 cm³/mol. The lowest BCUT2D eigenvalue weighted by Crippen LogP contribution is -2.38. The van der Waals surface area contributed by atoms with Crippen molar-refractivity contribution >= 4 is 0 Å². The summed E-state index contributed by atoms with van der Waals surface area (Å²) in [6.07, 6.45) is -3.71. The molecular weight excluding hydrogens is 254 g/mol. The van der Waals surface area contributed by atoms with Gasteiger partial charge in [0.1, 0.15) is 11.5 Å². The SMILES string of the molecule is COc1ccc(CNCC(F)(F)C(F)F)c(O)c1. The molecule has 0 bridgehead atoms. The van der Waals surface area contributed by atoms with Gasteiger partial charge in [0.15, 0.2) is 0 Å². The van der Waals surface area contributed by atoms with Crippen LogP contribution in [0.2, 0.25) is 0 Å². The topological polar surface area (TPSA) is 41.5 Å². The number of benzene rings is 1. The fraction of sp³-hybridized carbons (Fsp3) is 0.455. The molecule has 0 radical (unpaired) electrons. The number of alkyl halides is 4. The van der Waals surface area contributed by atoms with E-state index in [0.717, 1.165) is 0 Å². The highest BCUT2D eigenvalue weighted by atomic mass is 19.3. The number of halogens is 4. The van der Waals surface area contributed by atoms with E-state index in [2.05, 4.69) is 5.32 Å². The van der Waals surface area contributed by atoms with Gasteiger partial charge in [-0.05, 0) is 6.07 Å². The molecule has 0 heterocycles. The zero-order chi connectivity index (χ0) is 13.8. The highest BCUT2D eigenvalue weighted by molar-refractivity contribution is 5.39. The van der Waals surface area contributed by atoms with Gasteiger partial charge < -0.3 is 15.2 Å². The van der Waals surface area contributed by atoms with Gasteiger partial charge in [0.2, 0.25) is 0 Å². The van der Waals surface area contributed by atoms with E-state index in [1.807, 2.05) is 0 Å². The van der Waals surface area contributed by atoms with Gasteiger partial charge in [-0.1, -0.05) is 6.07 Å². The number of rotatable bonds is 6. The molecular formula is C11H13F4NO2. The quantitative estimate of drug-likeness (QED) is 0.778. The van der Waals surface area contributed by atoms with E-state index in [0.29, 0.717) is 11.3 Å². The molecule has 0 saturated carbocycles. The van der Waals surface area contributed by atoms with Crippen LogP contribution < -0.4 is 10.1 Å². The molecule has 0 fully saturated rings. The van der Waals surface area contributed by atoms with Crippen LogP contribution in [0.1, 0.15) is 5.56 Å². The summed E-state index contributed by atoms with van der Waals surface area (Å²) in [6, 6.07) is 4.30. The van der Waals surface area contributed by atoms with Crippen molar-refractivity contribution in [1.82, 2.24) is 5.32 Å². The highest BCUT2D eigenvalue weighted by Crippen LogP contribution is 2.24. The zero-order valence-electron chi connectivity index (χ0n) is 9.59. The number of aromatic hydroxyl groups is 1. The summed E-state index contributed by atoms with van der Waals surface area (Å²) in [4.78, 5) is 0. The molecule has 1 aromatic carbocycles. The van der Waals surface area contributed by atoms with Crippen molar-refractivity contribution in [2.45, 2.75) is 18.9 Å². The summed E-state index contributed by atoms with van der Waals surface area (Å²) in [5, 5.41) is 11.7. The molecule has 0 aliphatic rings. The predicted octanol–water partition coefficient (Wildman–Crippen LogP) is 2.39. The van der Waals surface area contributed by atoms with Crippen LogP contribution in [0.25, 0.3) is 0 Å². The van der Waals surface area contributed by atoms with Gasteiger partial charge in [-0.25, -0.2) is 8.78 Å². The third kappa shape index (κ3) is 3.76. The van der Waals surface area contributed by atoms with E-state index < -0.39 is 18.9 Å². The lowest BCUT2D eigenvalue weighted by molar-refractivity contribution is -0.125. The smallest absolute Gasteiger partial charge is 0.319 e. The number of methoxy groups -OCH3 is 1.